The van der Waals surface area contributed by atoms with Crippen molar-refractivity contribution in [1.29, 1.82) is 0 Å². The van der Waals surface area contributed by atoms with E-state index in [1.165, 1.54) is 25.1 Å². The van der Waals surface area contributed by atoms with E-state index in [9.17, 15) is 14.7 Å². The molecule has 0 spiro atoms. The van der Waals surface area contributed by atoms with Gasteiger partial charge in [-0.15, -0.1) is 0 Å². The number of carboxylic acids is 1. The number of nitrogens with one attached hydrogen (secondary N) is 1. The van der Waals surface area contributed by atoms with Crippen LogP contribution in [0, 0.1) is 0 Å². The Kier molecular flexibility index (Phi) is 3.50. The Bertz CT molecular complexity index is 1060. The number of anilines is 1. The minimum absolute atomic E-state index is 0.0217. The molecule has 0 fully saturated rings. The second-order valence-corrected chi connectivity index (χ2v) is 5.64. The largest absolute Gasteiger partial charge is 0.491 e. The molecule has 1 aromatic carbocycles. The third-order valence-corrected chi connectivity index (χ3v) is 4.34. The summed E-state index contributed by atoms with van der Waals surface area (Å²) in [4.78, 5) is 28.6. The molecule has 1 aliphatic heterocycles. The van der Waals surface area contributed by atoms with Crippen LogP contribution in [0.25, 0.3) is 5.52 Å². The molecule has 0 saturated heterocycles. The molecule has 0 bridgehead atoms. The molecular formula is C17H14N4O5. The first kappa shape index (κ1) is 15.9. The van der Waals surface area contributed by atoms with Crippen molar-refractivity contribution in [2.75, 3.05) is 19.5 Å². The first-order valence-electron chi connectivity index (χ1n) is 7.69. The summed E-state index contributed by atoms with van der Waals surface area (Å²) >= 11 is 0. The van der Waals surface area contributed by atoms with Crippen LogP contribution in [0.4, 0.5) is 5.69 Å². The molecule has 3 heterocycles. The Morgan fingerprint density at radius 3 is 2.65 bits per heavy atom. The number of fused-ring (bicyclic) bond motifs is 2. The maximum Gasteiger partial charge on any atom is 0.358 e. The van der Waals surface area contributed by atoms with E-state index in [1.54, 1.807) is 6.07 Å². The molecule has 9 nitrogen and oxygen atoms in total. The van der Waals surface area contributed by atoms with Crippen LogP contribution in [-0.2, 0) is 4.79 Å². The fraction of sp³-hybridized carbons (Fsp3) is 0.176. The van der Waals surface area contributed by atoms with Gasteiger partial charge in [-0.1, -0.05) is 18.2 Å². The first-order valence-corrected chi connectivity index (χ1v) is 7.69. The smallest absolute Gasteiger partial charge is 0.358 e. The molecule has 0 radical (unpaired) electrons. The van der Waals surface area contributed by atoms with Gasteiger partial charge < -0.3 is 19.9 Å². The maximum atomic E-state index is 12.6. The highest BCUT2D eigenvalue weighted by molar-refractivity contribution is 6.06. The summed E-state index contributed by atoms with van der Waals surface area (Å²) in [6.45, 7) is 0. The fourth-order valence-corrected chi connectivity index (χ4v) is 3.32. The van der Waals surface area contributed by atoms with Crippen molar-refractivity contribution in [1.82, 2.24) is 14.6 Å². The lowest BCUT2D eigenvalue weighted by atomic mass is 9.96. The van der Waals surface area contributed by atoms with E-state index in [0.29, 0.717) is 11.4 Å². The SMILES string of the molecule is COc1c(OC)c2c(C3C(=O)Nc4ccccc43)ncnn2c1C(=O)O. The number of amides is 1. The van der Waals surface area contributed by atoms with Gasteiger partial charge in [0.25, 0.3) is 0 Å². The van der Waals surface area contributed by atoms with Gasteiger partial charge in [-0.05, 0) is 11.6 Å². The molecule has 132 valence electrons. The van der Waals surface area contributed by atoms with Gasteiger partial charge in [0.2, 0.25) is 5.91 Å². The van der Waals surface area contributed by atoms with Gasteiger partial charge in [-0.25, -0.2) is 14.3 Å². The molecular weight excluding hydrogens is 340 g/mol. The number of aromatic nitrogens is 3. The van der Waals surface area contributed by atoms with Crippen LogP contribution in [0.3, 0.4) is 0 Å². The molecule has 0 aliphatic carbocycles. The molecule has 2 N–H and O–H groups in total. The molecule has 0 saturated carbocycles. The quantitative estimate of drug-likeness (QED) is 0.730. The third kappa shape index (κ3) is 2.03. The van der Waals surface area contributed by atoms with Crippen LogP contribution in [0.2, 0.25) is 0 Å². The number of para-hydroxylation sites is 1. The van der Waals surface area contributed by atoms with Gasteiger partial charge in [-0.3, -0.25) is 4.79 Å². The van der Waals surface area contributed by atoms with E-state index in [4.69, 9.17) is 9.47 Å². The number of hydrogen-bond acceptors (Lipinski definition) is 6. The Morgan fingerprint density at radius 1 is 1.23 bits per heavy atom. The number of carboxylic acid groups (broad SMARTS) is 1. The van der Waals surface area contributed by atoms with Crippen LogP contribution in [-0.4, -0.2) is 45.8 Å². The summed E-state index contributed by atoms with van der Waals surface area (Å²) in [5.41, 5.74) is 1.85. The number of aromatic carboxylic acids is 1. The summed E-state index contributed by atoms with van der Waals surface area (Å²) in [7, 11) is 2.73. The second-order valence-electron chi connectivity index (χ2n) is 5.64. The van der Waals surface area contributed by atoms with Gasteiger partial charge in [-0.2, -0.15) is 5.10 Å². The predicted octanol–water partition coefficient (Wildman–Crippen LogP) is 1.53. The highest BCUT2D eigenvalue weighted by Crippen LogP contribution is 2.44. The van der Waals surface area contributed by atoms with Gasteiger partial charge in [0.15, 0.2) is 17.2 Å². The van der Waals surface area contributed by atoms with Crippen LogP contribution in [0.1, 0.15) is 27.7 Å². The van der Waals surface area contributed by atoms with Crippen LogP contribution >= 0.6 is 0 Å². The van der Waals surface area contributed by atoms with Crippen molar-refractivity contribution in [2.24, 2.45) is 0 Å². The molecule has 1 amide bonds. The molecule has 4 rings (SSSR count). The molecule has 1 aliphatic rings. The van der Waals surface area contributed by atoms with Crippen molar-refractivity contribution in [3.05, 3.63) is 47.5 Å². The lowest BCUT2D eigenvalue weighted by molar-refractivity contribution is -0.116. The van der Waals surface area contributed by atoms with Gasteiger partial charge >= 0.3 is 5.97 Å². The Morgan fingerprint density at radius 2 is 1.96 bits per heavy atom. The topological polar surface area (TPSA) is 115 Å². The zero-order chi connectivity index (χ0) is 18.4. The van der Waals surface area contributed by atoms with Crippen molar-refractivity contribution in [2.45, 2.75) is 5.92 Å². The standard InChI is InChI=1S/C17H14N4O5/c1-25-14-12-11(10-8-5-3-4-6-9(8)20-16(10)22)18-7-19-21(12)13(17(23)24)15(14)26-2/h3-7,10H,1-2H3,(H,20,22)(H,23,24). The fourth-order valence-electron chi connectivity index (χ4n) is 3.32. The molecule has 9 heteroatoms. The number of rotatable bonds is 4. The van der Waals surface area contributed by atoms with E-state index in [0.717, 1.165) is 5.56 Å². The minimum Gasteiger partial charge on any atom is -0.491 e. The zero-order valence-corrected chi connectivity index (χ0v) is 13.9. The second kappa shape index (κ2) is 5.73. The zero-order valence-electron chi connectivity index (χ0n) is 13.9. The van der Waals surface area contributed by atoms with Crippen LogP contribution in [0.15, 0.2) is 30.6 Å². The summed E-state index contributed by atoms with van der Waals surface area (Å²) in [6, 6.07) is 7.26. The van der Waals surface area contributed by atoms with Gasteiger partial charge in [0.1, 0.15) is 17.8 Å². The molecule has 1 atom stereocenters. The van der Waals surface area contributed by atoms with E-state index in [1.807, 2.05) is 18.2 Å². The van der Waals surface area contributed by atoms with Crippen molar-refractivity contribution < 1.29 is 24.2 Å². The first-order chi connectivity index (χ1) is 12.6. The Balaban J connectivity index is 2.07. The van der Waals surface area contributed by atoms with E-state index in [-0.39, 0.29) is 28.6 Å². The van der Waals surface area contributed by atoms with Crippen molar-refractivity contribution in [3.8, 4) is 11.5 Å². The number of carbonyl (C=O) groups excluding carboxylic acids is 1. The van der Waals surface area contributed by atoms with E-state index >= 15 is 0 Å². The average molecular weight is 354 g/mol. The number of methoxy groups -OCH3 is 2. The summed E-state index contributed by atoms with van der Waals surface area (Å²) in [5, 5.41) is 16.4. The average Bonchev–Trinajstić information content (AvgIpc) is 3.14. The van der Waals surface area contributed by atoms with Crippen molar-refractivity contribution >= 4 is 23.1 Å². The maximum absolute atomic E-state index is 12.6. The van der Waals surface area contributed by atoms with Crippen molar-refractivity contribution in [3.63, 3.8) is 0 Å². The van der Waals surface area contributed by atoms with E-state index < -0.39 is 11.9 Å². The molecule has 26 heavy (non-hydrogen) atoms. The number of ether oxygens (including phenoxy) is 2. The summed E-state index contributed by atoms with van der Waals surface area (Å²) < 4.78 is 11.8. The summed E-state index contributed by atoms with van der Waals surface area (Å²) in [5.74, 6) is -2.02. The molecule has 2 aromatic heterocycles. The minimum atomic E-state index is -1.24. The molecule has 1 unspecified atom stereocenters. The van der Waals surface area contributed by atoms with Crippen LogP contribution < -0.4 is 14.8 Å². The lowest BCUT2D eigenvalue weighted by Gasteiger charge is -2.11. The predicted molar refractivity (Wildman–Crippen MR) is 90.0 cm³/mol. The lowest BCUT2D eigenvalue weighted by Crippen LogP contribution is -2.17. The summed E-state index contributed by atoms with van der Waals surface area (Å²) in [6.07, 6.45) is 1.21. The monoisotopic (exact) mass is 354 g/mol. The number of carbonyl (C=O) groups is 2. The number of hydrogen-bond donors (Lipinski definition) is 2. The van der Waals surface area contributed by atoms with Crippen LogP contribution in [0.5, 0.6) is 11.5 Å². The van der Waals surface area contributed by atoms with Gasteiger partial charge in [0, 0.05) is 5.69 Å². The third-order valence-electron chi connectivity index (χ3n) is 4.34. The normalized spacial score (nSPS) is 15.6. The number of nitrogens with zero attached hydrogens (tertiary/aromatic N) is 3. The highest BCUT2D eigenvalue weighted by Gasteiger charge is 2.37. The highest BCUT2D eigenvalue weighted by atomic mass is 16.5. The molecule has 3 aromatic rings. The Hall–Kier alpha value is -3.62. The van der Waals surface area contributed by atoms with E-state index in [2.05, 4.69) is 15.4 Å². The number of benzene rings is 1. The van der Waals surface area contributed by atoms with Gasteiger partial charge in [0.05, 0.1) is 19.9 Å². The Labute approximate surface area is 147 Å².